The molecule has 1 saturated carbocycles. The van der Waals surface area contributed by atoms with E-state index in [0.717, 1.165) is 12.8 Å². The molecule has 19 heavy (non-hydrogen) atoms. The molecule has 1 aromatic carbocycles. The van der Waals surface area contributed by atoms with Gasteiger partial charge in [0.1, 0.15) is 5.82 Å². The molecule has 1 aromatic rings. The number of benzene rings is 1. The molecule has 0 aliphatic heterocycles. The summed E-state index contributed by atoms with van der Waals surface area (Å²) in [6.45, 7) is 0.163. The fraction of sp³-hybridized carbons (Fsp3) is 0.429. The lowest BCUT2D eigenvalue weighted by Crippen LogP contribution is -2.47. The second-order valence-corrected chi connectivity index (χ2v) is 5.37. The third kappa shape index (κ3) is 2.76. The van der Waals surface area contributed by atoms with Gasteiger partial charge in [0.15, 0.2) is 0 Å². The van der Waals surface area contributed by atoms with Gasteiger partial charge < -0.3 is 11.1 Å². The third-order valence-electron chi connectivity index (χ3n) is 3.76. The Balaban J connectivity index is 2.05. The summed E-state index contributed by atoms with van der Waals surface area (Å²) >= 11 is 5.04. The number of thiocarbonyl (C=S) groups is 1. The van der Waals surface area contributed by atoms with Gasteiger partial charge in [0.2, 0.25) is 5.91 Å². The van der Waals surface area contributed by atoms with Crippen molar-refractivity contribution in [3.63, 3.8) is 0 Å². The van der Waals surface area contributed by atoms with E-state index in [1.54, 1.807) is 18.2 Å². The summed E-state index contributed by atoms with van der Waals surface area (Å²) < 4.78 is 13.5. The van der Waals surface area contributed by atoms with Gasteiger partial charge >= 0.3 is 0 Å². The van der Waals surface area contributed by atoms with Crippen LogP contribution in [0.1, 0.15) is 31.2 Å². The van der Waals surface area contributed by atoms with Crippen LogP contribution in [0, 0.1) is 11.2 Å². The number of hydrogen-bond donors (Lipinski definition) is 2. The zero-order valence-electron chi connectivity index (χ0n) is 10.6. The second-order valence-electron chi connectivity index (χ2n) is 4.93. The maximum Gasteiger partial charge on any atom is 0.233 e. The van der Waals surface area contributed by atoms with Crippen molar-refractivity contribution in [2.24, 2.45) is 11.1 Å². The van der Waals surface area contributed by atoms with Crippen molar-refractivity contribution in [3.8, 4) is 0 Å². The number of hydrogen-bond acceptors (Lipinski definition) is 2. The lowest BCUT2D eigenvalue weighted by molar-refractivity contribution is -0.127. The fourth-order valence-corrected chi connectivity index (χ4v) is 2.85. The Hall–Kier alpha value is -1.49. The molecule has 5 heteroatoms. The van der Waals surface area contributed by atoms with Crippen LogP contribution in [0.3, 0.4) is 0 Å². The lowest BCUT2D eigenvalue weighted by Gasteiger charge is -2.26. The highest BCUT2D eigenvalue weighted by atomic mass is 32.1. The van der Waals surface area contributed by atoms with E-state index >= 15 is 0 Å². The van der Waals surface area contributed by atoms with Crippen molar-refractivity contribution in [2.75, 3.05) is 0 Å². The van der Waals surface area contributed by atoms with Crippen molar-refractivity contribution in [3.05, 3.63) is 35.6 Å². The zero-order valence-corrected chi connectivity index (χ0v) is 11.4. The van der Waals surface area contributed by atoms with Gasteiger partial charge in [0.25, 0.3) is 0 Å². The minimum Gasteiger partial charge on any atom is -0.392 e. The van der Waals surface area contributed by atoms with Crippen LogP contribution >= 0.6 is 12.2 Å². The molecule has 0 heterocycles. The van der Waals surface area contributed by atoms with Crippen molar-refractivity contribution < 1.29 is 9.18 Å². The van der Waals surface area contributed by atoms with Gasteiger partial charge in [-0.15, -0.1) is 0 Å². The van der Waals surface area contributed by atoms with E-state index in [-0.39, 0.29) is 23.3 Å². The van der Waals surface area contributed by atoms with Crippen molar-refractivity contribution >= 4 is 23.1 Å². The van der Waals surface area contributed by atoms with Gasteiger partial charge in [-0.2, -0.15) is 0 Å². The first-order valence-corrected chi connectivity index (χ1v) is 6.79. The Morgan fingerprint density at radius 2 is 2.00 bits per heavy atom. The summed E-state index contributed by atoms with van der Waals surface area (Å²) in [5.74, 6) is -0.501. The first kappa shape index (κ1) is 13.9. The summed E-state index contributed by atoms with van der Waals surface area (Å²) in [6, 6.07) is 6.38. The Morgan fingerprint density at radius 3 is 2.58 bits per heavy atom. The van der Waals surface area contributed by atoms with E-state index in [0.29, 0.717) is 18.4 Å². The molecule has 1 amide bonds. The first-order valence-electron chi connectivity index (χ1n) is 6.38. The highest BCUT2D eigenvalue weighted by Gasteiger charge is 2.43. The molecule has 3 nitrogen and oxygen atoms in total. The SMILES string of the molecule is NC(=S)C1(C(=O)NCc2ccccc2F)CCCC1. The molecular formula is C14H17FN2OS. The Morgan fingerprint density at radius 1 is 1.37 bits per heavy atom. The standard InChI is InChI=1S/C14H17FN2OS/c15-11-6-2-1-5-10(11)9-17-13(18)14(12(16)19)7-3-4-8-14/h1-2,5-6H,3-4,7-9H2,(H2,16,19)(H,17,18). The fourth-order valence-electron chi connectivity index (χ4n) is 2.55. The molecule has 0 radical (unpaired) electrons. The molecule has 2 rings (SSSR count). The summed E-state index contributed by atoms with van der Waals surface area (Å²) in [6.07, 6.45) is 3.27. The summed E-state index contributed by atoms with van der Waals surface area (Å²) in [5.41, 5.74) is 5.46. The van der Waals surface area contributed by atoms with Crippen LogP contribution in [0.4, 0.5) is 4.39 Å². The minimum atomic E-state index is -0.736. The zero-order chi connectivity index (χ0) is 13.9. The number of rotatable bonds is 4. The van der Waals surface area contributed by atoms with Crippen LogP contribution in [0.25, 0.3) is 0 Å². The van der Waals surface area contributed by atoms with E-state index in [9.17, 15) is 9.18 Å². The van der Waals surface area contributed by atoms with Crippen LogP contribution in [0.5, 0.6) is 0 Å². The normalized spacial score (nSPS) is 17.1. The van der Waals surface area contributed by atoms with Gasteiger partial charge in [0, 0.05) is 12.1 Å². The van der Waals surface area contributed by atoms with Gasteiger partial charge in [-0.25, -0.2) is 4.39 Å². The van der Waals surface area contributed by atoms with Crippen molar-refractivity contribution in [1.82, 2.24) is 5.32 Å². The lowest BCUT2D eigenvalue weighted by atomic mass is 9.85. The minimum absolute atomic E-state index is 0.163. The Bertz CT molecular complexity index is 498. The number of halogens is 1. The quantitative estimate of drug-likeness (QED) is 0.832. The van der Waals surface area contributed by atoms with Crippen LogP contribution in [0.15, 0.2) is 24.3 Å². The highest BCUT2D eigenvalue weighted by molar-refractivity contribution is 7.80. The van der Waals surface area contributed by atoms with Gasteiger partial charge in [-0.3, -0.25) is 4.79 Å². The van der Waals surface area contributed by atoms with E-state index in [2.05, 4.69) is 5.32 Å². The largest absolute Gasteiger partial charge is 0.392 e. The van der Waals surface area contributed by atoms with Gasteiger partial charge in [-0.1, -0.05) is 43.3 Å². The third-order valence-corrected chi connectivity index (χ3v) is 4.15. The molecule has 0 spiro atoms. The van der Waals surface area contributed by atoms with Crippen LogP contribution in [0.2, 0.25) is 0 Å². The van der Waals surface area contributed by atoms with Crippen molar-refractivity contribution in [1.29, 1.82) is 0 Å². The number of carbonyl (C=O) groups is 1. The molecule has 3 N–H and O–H groups in total. The molecule has 1 aliphatic rings. The number of amides is 1. The molecule has 0 saturated heterocycles. The van der Waals surface area contributed by atoms with Crippen LogP contribution in [-0.4, -0.2) is 10.9 Å². The topological polar surface area (TPSA) is 55.1 Å². The van der Waals surface area contributed by atoms with Crippen LogP contribution in [-0.2, 0) is 11.3 Å². The summed E-state index contributed by atoms with van der Waals surface area (Å²) in [7, 11) is 0. The maximum absolute atomic E-state index is 13.5. The number of nitrogens with two attached hydrogens (primary N) is 1. The maximum atomic E-state index is 13.5. The second kappa shape index (κ2) is 5.65. The van der Waals surface area contributed by atoms with E-state index in [1.807, 2.05) is 0 Å². The molecule has 0 bridgehead atoms. The highest BCUT2D eigenvalue weighted by Crippen LogP contribution is 2.38. The molecule has 1 aliphatic carbocycles. The predicted molar refractivity (Wildman–Crippen MR) is 75.9 cm³/mol. The summed E-state index contributed by atoms with van der Waals surface area (Å²) in [4.78, 5) is 12.5. The van der Waals surface area contributed by atoms with Crippen LogP contribution < -0.4 is 11.1 Å². The average molecular weight is 280 g/mol. The molecule has 102 valence electrons. The molecule has 0 atom stereocenters. The molecule has 0 aromatic heterocycles. The Labute approximate surface area is 117 Å². The van der Waals surface area contributed by atoms with E-state index < -0.39 is 5.41 Å². The molecule has 0 unspecified atom stereocenters. The number of carbonyl (C=O) groups excluding carboxylic acids is 1. The predicted octanol–water partition coefficient (Wildman–Crippen LogP) is 2.29. The monoisotopic (exact) mass is 280 g/mol. The Kier molecular flexibility index (Phi) is 4.14. The van der Waals surface area contributed by atoms with Crippen molar-refractivity contribution in [2.45, 2.75) is 32.2 Å². The smallest absolute Gasteiger partial charge is 0.233 e. The molecular weight excluding hydrogens is 263 g/mol. The van der Waals surface area contributed by atoms with E-state index in [4.69, 9.17) is 18.0 Å². The first-order chi connectivity index (χ1) is 9.06. The van der Waals surface area contributed by atoms with Gasteiger partial charge in [0.05, 0.1) is 10.4 Å². The van der Waals surface area contributed by atoms with Gasteiger partial charge in [-0.05, 0) is 18.9 Å². The molecule has 1 fully saturated rings. The summed E-state index contributed by atoms with van der Waals surface area (Å²) in [5, 5.41) is 2.76. The number of nitrogens with one attached hydrogen (secondary N) is 1. The average Bonchev–Trinajstić information content (AvgIpc) is 2.88. The van der Waals surface area contributed by atoms with E-state index in [1.165, 1.54) is 6.07 Å².